The maximum Gasteiger partial charge on any atom is 0.307 e. The number of benzene rings is 3. The number of amides is 1. The molecule has 4 aromatic rings. The Bertz CT molecular complexity index is 1330. The summed E-state index contributed by atoms with van der Waals surface area (Å²) < 4.78 is 24.7. The smallest absolute Gasteiger partial charge is 0.307 e. The Labute approximate surface area is 181 Å². The van der Waals surface area contributed by atoms with Crippen LogP contribution in [0.15, 0.2) is 82.3 Å². The van der Waals surface area contributed by atoms with Crippen molar-refractivity contribution < 1.29 is 23.3 Å². The number of nitro groups is 1. The number of nitro benzene ring substituents is 1. The van der Waals surface area contributed by atoms with Crippen molar-refractivity contribution in [3.8, 4) is 5.75 Å². The van der Waals surface area contributed by atoms with Crippen LogP contribution in [-0.2, 0) is 6.61 Å². The van der Waals surface area contributed by atoms with E-state index in [2.05, 4.69) is 10.5 Å². The molecule has 1 aromatic heterocycles. The minimum absolute atomic E-state index is 0.0281. The van der Waals surface area contributed by atoms with Crippen LogP contribution in [0.25, 0.3) is 11.0 Å². The van der Waals surface area contributed by atoms with E-state index in [1.54, 1.807) is 42.5 Å². The molecule has 0 aliphatic carbocycles. The minimum Gasteiger partial charge on any atom is -0.489 e. The van der Waals surface area contributed by atoms with Gasteiger partial charge in [0, 0.05) is 23.1 Å². The molecule has 1 heterocycles. The second-order valence-electron chi connectivity index (χ2n) is 6.74. The SMILES string of the molecule is O=C(N/N=C\c1cccc(OCc2ccccc2F)c1)c1cc2cc([N+](=O)[O-])ccc2o1. The van der Waals surface area contributed by atoms with Gasteiger partial charge in [-0.05, 0) is 35.9 Å². The van der Waals surface area contributed by atoms with Crippen molar-refractivity contribution in [2.45, 2.75) is 6.61 Å². The van der Waals surface area contributed by atoms with E-state index in [4.69, 9.17) is 9.15 Å². The summed E-state index contributed by atoms with van der Waals surface area (Å²) in [6.45, 7) is 0.0776. The first kappa shape index (κ1) is 20.7. The molecule has 0 aliphatic heterocycles. The van der Waals surface area contributed by atoms with Crippen molar-refractivity contribution in [3.05, 3.63) is 106 Å². The van der Waals surface area contributed by atoms with Gasteiger partial charge < -0.3 is 9.15 Å². The Kier molecular flexibility index (Phi) is 5.89. The van der Waals surface area contributed by atoms with Crippen molar-refractivity contribution in [2.24, 2.45) is 5.10 Å². The van der Waals surface area contributed by atoms with E-state index in [1.165, 1.54) is 36.5 Å². The summed E-state index contributed by atoms with van der Waals surface area (Å²) in [7, 11) is 0. The topological polar surface area (TPSA) is 107 Å². The van der Waals surface area contributed by atoms with Gasteiger partial charge in [0.15, 0.2) is 5.76 Å². The predicted octanol–water partition coefficient (Wildman–Crippen LogP) is 4.82. The molecule has 160 valence electrons. The second-order valence-corrected chi connectivity index (χ2v) is 6.74. The Morgan fingerprint density at radius 1 is 1.12 bits per heavy atom. The van der Waals surface area contributed by atoms with Crippen LogP contribution < -0.4 is 10.2 Å². The summed E-state index contributed by atoms with van der Waals surface area (Å²) >= 11 is 0. The van der Waals surface area contributed by atoms with Gasteiger partial charge in [-0.3, -0.25) is 14.9 Å². The Morgan fingerprint density at radius 2 is 1.97 bits per heavy atom. The molecule has 0 unspecified atom stereocenters. The lowest BCUT2D eigenvalue weighted by Crippen LogP contribution is -2.16. The predicted molar refractivity (Wildman–Crippen MR) is 115 cm³/mol. The molecule has 0 fully saturated rings. The zero-order valence-electron chi connectivity index (χ0n) is 16.5. The summed E-state index contributed by atoms with van der Waals surface area (Å²) in [5, 5.41) is 15.2. The number of non-ortho nitro benzene ring substituents is 1. The lowest BCUT2D eigenvalue weighted by Gasteiger charge is -2.07. The first-order valence-electron chi connectivity index (χ1n) is 9.47. The molecule has 0 atom stereocenters. The highest BCUT2D eigenvalue weighted by Gasteiger charge is 2.14. The van der Waals surface area contributed by atoms with Crippen LogP contribution in [0.4, 0.5) is 10.1 Å². The highest BCUT2D eigenvalue weighted by atomic mass is 19.1. The van der Waals surface area contributed by atoms with Crippen LogP contribution in [0.3, 0.4) is 0 Å². The van der Waals surface area contributed by atoms with Crippen molar-refractivity contribution in [3.63, 3.8) is 0 Å². The van der Waals surface area contributed by atoms with E-state index in [0.29, 0.717) is 27.8 Å². The van der Waals surface area contributed by atoms with Crippen LogP contribution in [0.2, 0.25) is 0 Å². The van der Waals surface area contributed by atoms with Gasteiger partial charge in [0.2, 0.25) is 0 Å². The Balaban J connectivity index is 1.39. The fraction of sp³-hybridized carbons (Fsp3) is 0.0435. The summed E-state index contributed by atoms with van der Waals surface area (Å²) in [6.07, 6.45) is 1.42. The fourth-order valence-corrected chi connectivity index (χ4v) is 2.94. The number of nitrogens with one attached hydrogen (secondary N) is 1. The number of furan rings is 1. The number of ether oxygens (including phenoxy) is 1. The van der Waals surface area contributed by atoms with E-state index in [-0.39, 0.29) is 23.9 Å². The van der Waals surface area contributed by atoms with Gasteiger partial charge in [-0.2, -0.15) is 5.10 Å². The summed E-state index contributed by atoms with van der Waals surface area (Å²) in [5.41, 5.74) is 3.69. The molecular formula is C23H16FN3O5. The van der Waals surface area contributed by atoms with Crippen LogP contribution in [0, 0.1) is 15.9 Å². The van der Waals surface area contributed by atoms with Crippen LogP contribution in [0.5, 0.6) is 5.75 Å². The average molecular weight is 433 g/mol. The quantitative estimate of drug-likeness (QED) is 0.255. The largest absolute Gasteiger partial charge is 0.489 e. The summed E-state index contributed by atoms with van der Waals surface area (Å²) in [5.74, 6) is -0.456. The van der Waals surface area contributed by atoms with Crippen molar-refractivity contribution in [1.29, 1.82) is 0 Å². The normalized spacial score (nSPS) is 11.0. The number of hydrogen-bond donors (Lipinski definition) is 1. The summed E-state index contributed by atoms with van der Waals surface area (Å²) in [4.78, 5) is 22.6. The molecule has 0 saturated carbocycles. The average Bonchev–Trinajstić information content (AvgIpc) is 3.22. The third-order valence-electron chi connectivity index (χ3n) is 4.52. The fourth-order valence-electron chi connectivity index (χ4n) is 2.94. The molecule has 0 bridgehead atoms. The first-order chi connectivity index (χ1) is 15.5. The van der Waals surface area contributed by atoms with E-state index in [9.17, 15) is 19.3 Å². The van der Waals surface area contributed by atoms with Gasteiger partial charge in [-0.25, -0.2) is 9.82 Å². The Hall–Kier alpha value is -4.53. The van der Waals surface area contributed by atoms with E-state index >= 15 is 0 Å². The van der Waals surface area contributed by atoms with Crippen molar-refractivity contribution in [2.75, 3.05) is 0 Å². The molecular weight excluding hydrogens is 417 g/mol. The molecule has 32 heavy (non-hydrogen) atoms. The number of hydrogen-bond acceptors (Lipinski definition) is 6. The van der Waals surface area contributed by atoms with Gasteiger partial charge in [-0.15, -0.1) is 0 Å². The molecule has 0 aliphatic rings. The second kappa shape index (κ2) is 9.09. The molecule has 0 spiro atoms. The summed E-state index contributed by atoms with van der Waals surface area (Å²) in [6, 6.07) is 18.7. The number of hydrazone groups is 1. The molecule has 0 radical (unpaired) electrons. The number of nitrogens with zero attached hydrogens (tertiary/aromatic N) is 2. The van der Waals surface area contributed by atoms with Crippen molar-refractivity contribution >= 4 is 28.8 Å². The highest BCUT2D eigenvalue weighted by molar-refractivity contribution is 5.97. The number of carbonyl (C=O) groups excluding carboxylic acids is 1. The Morgan fingerprint density at radius 3 is 2.78 bits per heavy atom. The zero-order valence-corrected chi connectivity index (χ0v) is 16.5. The van der Waals surface area contributed by atoms with Gasteiger partial charge >= 0.3 is 5.91 Å². The third kappa shape index (κ3) is 4.78. The standard InChI is InChI=1S/C23H16FN3O5/c24-20-7-2-1-5-16(20)14-31-19-6-3-4-15(10-19)13-25-26-23(28)22-12-17-11-18(27(29)30)8-9-21(17)32-22/h1-13H,14H2,(H,26,28)/b25-13-. The lowest BCUT2D eigenvalue weighted by molar-refractivity contribution is -0.384. The van der Waals surface area contributed by atoms with Crippen LogP contribution in [0.1, 0.15) is 21.7 Å². The van der Waals surface area contributed by atoms with E-state index < -0.39 is 10.8 Å². The maximum atomic E-state index is 13.7. The third-order valence-corrected chi connectivity index (χ3v) is 4.52. The van der Waals surface area contributed by atoms with E-state index in [0.717, 1.165) is 0 Å². The highest BCUT2D eigenvalue weighted by Crippen LogP contribution is 2.24. The molecule has 1 N–H and O–H groups in total. The molecule has 9 heteroatoms. The van der Waals surface area contributed by atoms with Crippen LogP contribution >= 0.6 is 0 Å². The number of fused-ring (bicyclic) bond motifs is 1. The molecule has 0 saturated heterocycles. The molecule has 4 rings (SSSR count). The molecule has 8 nitrogen and oxygen atoms in total. The van der Waals surface area contributed by atoms with Gasteiger partial charge in [0.1, 0.15) is 23.8 Å². The monoisotopic (exact) mass is 433 g/mol. The molecule has 1 amide bonds. The van der Waals surface area contributed by atoms with Gasteiger partial charge in [0.25, 0.3) is 5.69 Å². The van der Waals surface area contributed by atoms with Gasteiger partial charge in [-0.1, -0.05) is 30.3 Å². The minimum atomic E-state index is -0.605. The van der Waals surface area contributed by atoms with Gasteiger partial charge in [0.05, 0.1) is 11.1 Å². The maximum absolute atomic E-state index is 13.7. The van der Waals surface area contributed by atoms with E-state index in [1.807, 2.05) is 0 Å². The van der Waals surface area contributed by atoms with Crippen LogP contribution in [-0.4, -0.2) is 17.0 Å². The number of halogens is 1. The lowest BCUT2D eigenvalue weighted by atomic mass is 10.2. The zero-order chi connectivity index (χ0) is 22.5. The number of rotatable bonds is 7. The number of carbonyl (C=O) groups is 1. The van der Waals surface area contributed by atoms with Crippen molar-refractivity contribution in [1.82, 2.24) is 5.43 Å². The first-order valence-corrected chi connectivity index (χ1v) is 9.47. The molecule has 3 aromatic carbocycles.